The predicted molar refractivity (Wildman–Crippen MR) is 78.5 cm³/mol. The maximum absolute atomic E-state index is 11.6. The normalized spacial score (nSPS) is 14.8. The van der Waals surface area contributed by atoms with Gasteiger partial charge in [-0.2, -0.15) is 0 Å². The molecule has 0 radical (unpaired) electrons. The largest absolute Gasteiger partial charge is 0.469 e. The maximum Gasteiger partial charge on any atom is 0.310 e. The van der Waals surface area contributed by atoms with Crippen LogP contribution in [0.15, 0.2) is 12.1 Å². The lowest BCUT2D eigenvalue weighted by Crippen LogP contribution is -2.07. The minimum atomic E-state index is -0.182. The molecule has 4 heteroatoms. The number of carbonyl (C=O) groups excluding carboxylic acids is 1. The van der Waals surface area contributed by atoms with Crippen LogP contribution >= 0.6 is 0 Å². The van der Waals surface area contributed by atoms with Crippen molar-refractivity contribution in [1.82, 2.24) is 9.47 Å². The number of hydrogen-bond donors (Lipinski definition) is 0. The summed E-state index contributed by atoms with van der Waals surface area (Å²) >= 11 is 0. The van der Waals surface area contributed by atoms with Gasteiger partial charge in [-0.1, -0.05) is 0 Å². The van der Waals surface area contributed by atoms with Gasteiger partial charge in [0, 0.05) is 36.7 Å². The summed E-state index contributed by atoms with van der Waals surface area (Å²) < 4.78 is 6.99. The predicted octanol–water partition coefficient (Wildman–Crippen LogP) is 2.15. The van der Waals surface area contributed by atoms with Gasteiger partial charge in [0.2, 0.25) is 0 Å². The molecular weight excluding hydrogens is 252 g/mol. The van der Waals surface area contributed by atoms with Gasteiger partial charge >= 0.3 is 5.97 Å². The Kier molecular flexibility index (Phi) is 3.05. The van der Waals surface area contributed by atoms with E-state index in [-0.39, 0.29) is 5.97 Å². The third kappa shape index (κ3) is 1.91. The van der Waals surface area contributed by atoms with Crippen molar-refractivity contribution in [2.45, 2.75) is 26.4 Å². The van der Waals surface area contributed by atoms with Gasteiger partial charge in [0.15, 0.2) is 0 Å². The monoisotopic (exact) mass is 272 g/mol. The second-order valence-corrected chi connectivity index (χ2v) is 5.69. The van der Waals surface area contributed by atoms with E-state index in [1.54, 1.807) is 0 Å². The Morgan fingerprint density at radius 1 is 1.25 bits per heavy atom. The highest BCUT2D eigenvalue weighted by molar-refractivity contribution is 5.90. The van der Waals surface area contributed by atoms with Crippen LogP contribution < -0.4 is 0 Å². The van der Waals surface area contributed by atoms with Crippen molar-refractivity contribution < 1.29 is 9.53 Å². The van der Waals surface area contributed by atoms with E-state index in [9.17, 15) is 4.79 Å². The molecule has 0 fully saturated rings. The smallest absolute Gasteiger partial charge is 0.310 e. The number of nitrogens with zero attached hydrogens (tertiary/aromatic N) is 2. The van der Waals surface area contributed by atoms with Gasteiger partial charge in [-0.25, -0.2) is 0 Å². The molecule has 2 heterocycles. The zero-order valence-corrected chi connectivity index (χ0v) is 12.5. The quantitative estimate of drug-likeness (QED) is 0.786. The third-order valence-corrected chi connectivity index (χ3v) is 4.37. The average Bonchev–Trinajstić information content (AvgIpc) is 2.89. The minimum absolute atomic E-state index is 0.182. The molecule has 1 aliphatic heterocycles. The number of esters is 1. The molecule has 1 aromatic heterocycles. The molecule has 4 nitrogen and oxygen atoms in total. The fourth-order valence-corrected chi connectivity index (χ4v) is 3.15. The van der Waals surface area contributed by atoms with Crippen molar-refractivity contribution in [1.29, 1.82) is 0 Å². The molecule has 1 aromatic carbocycles. The van der Waals surface area contributed by atoms with Crippen LogP contribution in [0.25, 0.3) is 10.9 Å². The lowest BCUT2D eigenvalue weighted by molar-refractivity contribution is -0.139. The summed E-state index contributed by atoms with van der Waals surface area (Å²) in [5, 5.41) is 1.18. The molecule has 3 rings (SSSR count). The first kappa shape index (κ1) is 13.2. The molecule has 0 N–H and O–H groups in total. The van der Waals surface area contributed by atoms with Gasteiger partial charge in [0.05, 0.1) is 13.5 Å². The van der Waals surface area contributed by atoms with E-state index in [1.807, 2.05) is 0 Å². The highest BCUT2D eigenvalue weighted by Gasteiger charge is 2.21. The fourth-order valence-electron chi connectivity index (χ4n) is 3.15. The Morgan fingerprint density at radius 2 is 1.90 bits per heavy atom. The van der Waals surface area contributed by atoms with E-state index in [0.717, 1.165) is 24.3 Å². The van der Waals surface area contributed by atoms with Crippen molar-refractivity contribution in [3.63, 3.8) is 0 Å². The van der Waals surface area contributed by atoms with Gasteiger partial charge < -0.3 is 9.30 Å². The average molecular weight is 272 g/mol. The van der Waals surface area contributed by atoms with Crippen LogP contribution in [0, 0.1) is 6.92 Å². The number of ether oxygens (including phenoxy) is 1. The Labute approximate surface area is 118 Å². The molecule has 106 valence electrons. The van der Waals surface area contributed by atoms with Crippen LogP contribution in [0.4, 0.5) is 0 Å². The van der Waals surface area contributed by atoms with Gasteiger partial charge in [0.1, 0.15) is 0 Å². The highest BCUT2D eigenvalue weighted by Crippen LogP contribution is 2.32. The van der Waals surface area contributed by atoms with E-state index in [2.05, 4.69) is 42.6 Å². The molecular formula is C16H20N2O2. The van der Waals surface area contributed by atoms with Crippen molar-refractivity contribution in [3.05, 3.63) is 34.5 Å². The molecule has 1 aliphatic rings. The second kappa shape index (κ2) is 4.63. The Balaban J connectivity index is 2.18. The lowest BCUT2D eigenvalue weighted by Gasteiger charge is -2.03. The summed E-state index contributed by atoms with van der Waals surface area (Å²) in [7, 11) is 5.63. The van der Waals surface area contributed by atoms with Gasteiger partial charge in [-0.15, -0.1) is 0 Å². The summed E-state index contributed by atoms with van der Waals surface area (Å²) in [5.41, 5.74) is 6.20. The van der Waals surface area contributed by atoms with Crippen LogP contribution in [0.3, 0.4) is 0 Å². The molecule has 0 atom stereocenters. The first-order valence-electron chi connectivity index (χ1n) is 6.86. The fraction of sp³-hybridized carbons (Fsp3) is 0.438. The van der Waals surface area contributed by atoms with E-state index >= 15 is 0 Å². The Bertz CT molecular complexity index is 700. The third-order valence-electron chi connectivity index (χ3n) is 4.37. The molecule has 0 spiro atoms. The number of carbonyl (C=O) groups is 1. The van der Waals surface area contributed by atoms with Crippen LogP contribution in [0.2, 0.25) is 0 Å². The van der Waals surface area contributed by atoms with Crippen molar-refractivity contribution >= 4 is 16.9 Å². The van der Waals surface area contributed by atoms with E-state index < -0.39 is 0 Å². The summed E-state index contributed by atoms with van der Waals surface area (Å²) in [6, 6.07) is 4.52. The zero-order chi connectivity index (χ0) is 14.4. The van der Waals surface area contributed by atoms with Gasteiger partial charge in [-0.3, -0.25) is 9.69 Å². The lowest BCUT2D eigenvalue weighted by atomic mass is 10.0. The first-order chi connectivity index (χ1) is 9.51. The topological polar surface area (TPSA) is 34.5 Å². The summed E-state index contributed by atoms with van der Waals surface area (Å²) in [5.74, 6) is -0.182. The Hall–Kier alpha value is -1.81. The van der Waals surface area contributed by atoms with Crippen molar-refractivity contribution in [3.8, 4) is 0 Å². The molecule has 0 saturated heterocycles. The Morgan fingerprint density at radius 3 is 2.55 bits per heavy atom. The summed E-state index contributed by atoms with van der Waals surface area (Å²) in [4.78, 5) is 13.9. The molecule has 0 saturated carbocycles. The highest BCUT2D eigenvalue weighted by atomic mass is 16.5. The van der Waals surface area contributed by atoms with E-state index in [4.69, 9.17) is 4.74 Å². The number of benzene rings is 1. The first-order valence-corrected chi connectivity index (χ1v) is 6.86. The summed E-state index contributed by atoms with van der Waals surface area (Å²) in [6.45, 7) is 4.05. The molecule has 0 bridgehead atoms. The number of hydrogen-bond acceptors (Lipinski definition) is 3. The number of rotatable bonds is 2. The molecule has 2 aromatic rings. The van der Waals surface area contributed by atoms with E-state index in [1.165, 1.54) is 29.1 Å². The van der Waals surface area contributed by atoms with Gasteiger partial charge in [0.25, 0.3) is 0 Å². The van der Waals surface area contributed by atoms with E-state index in [0.29, 0.717) is 6.42 Å². The number of aryl methyl sites for hydroxylation is 1. The number of fused-ring (bicyclic) bond motifs is 2. The molecule has 0 amide bonds. The van der Waals surface area contributed by atoms with Crippen LogP contribution in [0.1, 0.15) is 22.4 Å². The van der Waals surface area contributed by atoms with Crippen LogP contribution in [0.5, 0.6) is 0 Å². The van der Waals surface area contributed by atoms with Gasteiger partial charge in [-0.05, 0) is 42.8 Å². The number of aromatic nitrogens is 1. The summed E-state index contributed by atoms with van der Waals surface area (Å²) in [6.07, 6.45) is 0.342. The van der Waals surface area contributed by atoms with Crippen molar-refractivity contribution in [2.75, 3.05) is 14.2 Å². The zero-order valence-electron chi connectivity index (χ0n) is 12.5. The second-order valence-electron chi connectivity index (χ2n) is 5.69. The maximum atomic E-state index is 11.6. The number of methoxy groups -OCH3 is 1. The van der Waals surface area contributed by atoms with Crippen LogP contribution in [-0.2, 0) is 36.1 Å². The molecule has 20 heavy (non-hydrogen) atoms. The minimum Gasteiger partial charge on any atom is -0.469 e. The molecule has 0 unspecified atom stereocenters. The standard InChI is InChI=1S/C16H20N2O2/c1-10-13(7-16(19)20-4)14-5-11-8-17(2)9-12(11)6-15(14)18(10)3/h5-6H,7-9H2,1-4H3. The molecule has 0 aliphatic carbocycles. The van der Waals surface area contributed by atoms with Crippen molar-refractivity contribution in [2.24, 2.45) is 7.05 Å². The SMILES string of the molecule is COC(=O)Cc1c(C)n(C)c2cc3c(cc12)CN(C)C3. The van der Waals surface area contributed by atoms with Crippen LogP contribution in [-0.4, -0.2) is 29.6 Å².